The number of nitrogens with one attached hydrogen (secondary N) is 1. The van der Waals surface area contributed by atoms with Crippen molar-refractivity contribution in [1.82, 2.24) is 5.32 Å². The van der Waals surface area contributed by atoms with E-state index in [2.05, 4.69) is 10.1 Å². The van der Waals surface area contributed by atoms with Crippen molar-refractivity contribution in [3.05, 3.63) is 22.4 Å². The monoisotopic (exact) mass is 229 g/mol. The van der Waals surface area contributed by atoms with Gasteiger partial charge in [0.25, 0.3) is 5.91 Å². The van der Waals surface area contributed by atoms with E-state index in [1.165, 1.54) is 18.4 Å². The fourth-order valence-electron chi connectivity index (χ4n) is 0.952. The number of ether oxygens (including phenoxy) is 1. The maximum atomic E-state index is 11.4. The number of hydrogen-bond acceptors (Lipinski definition) is 4. The number of amides is 1. The lowest BCUT2D eigenvalue weighted by Gasteiger charge is -2.10. The third kappa shape index (κ3) is 3.34. The van der Waals surface area contributed by atoms with Crippen LogP contribution < -0.4 is 5.32 Å². The first-order valence-corrected chi connectivity index (χ1v) is 5.10. The van der Waals surface area contributed by atoms with E-state index in [0.29, 0.717) is 4.88 Å². The molecule has 1 rings (SSSR count). The maximum Gasteiger partial charge on any atom is 0.334 e. The van der Waals surface area contributed by atoms with Crippen molar-refractivity contribution in [2.75, 3.05) is 13.7 Å². The zero-order valence-corrected chi connectivity index (χ0v) is 8.91. The highest BCUT2D eigenvalue weighted by Gasteiger charge is 2.17. The van der Waals surface area contributed by atoms with Gasteiger partial charge in [-0.25, -0.2) is 4.79 Å². The number of hydrogen-bond donors (Lipinski definition) is 2. The molecular formula is C9H11NO4S. The zero-order chi connectivity index (χ0) is 11.3. The summed E-state index contributed by atoms with van der Waals surface area (Å²) >= 11 is 1.30. The predicted octanol–water partition coefficient (Wildman–Crippen LogP) is 0.577. The Balaban J connectivity index is 2.43. The molecule has 5 nitrogen and oxygen atoms in total. The van der Waals surface area contributed by atoms with E-state index in [1.54, 1.807) is 17.5 Å². The quantitative estimate of drug-likeness (QED) is 0.774. The summed E-state index contributed by atoms with van der Waals surface area (Å²) < 4.78 is 4.67. The van der Waals surface area contributed by atoms with E-state index in [1.807, 2.05) is 0 Å². The van der Waals surface area contributed by atoms with Gasteiger partial charge >= 0.3 is 5.97 Å². The number of carboxylic acids is 1. The molecule has 15 heavy (non-hydrogen) atoms. The second-order valence-corrected chi connectivity index (χ2v) is 3.70. The van der Waals surface area contributed by atoms with Crippen LogP contribution in [0.15, 0.2) is 17.5 Å². The summed E-state index contributed by atoms with van der Waals surface area (Å²) in [6.45, 7) is -0.0391. The van der Waals surface area contributed by atoms with Gasteiger partial charge in [0.2, 0.25) is 0 Å². The minimum Gasteiger partial charge on any atom is -0.479 e. The van der Waals surface area contributed by atoms with Crippen LogP contribution in [-0.4, -0.2) is 36.7 Å². The molecule has 0 aliphatic carbocycles. The highest BCUT2D eigenvalue weighted by atomic mass is 32.1. The minimum atomic E-state index is -1.09. The molecule has 82 valence electrons. The SMILES string of the molecule is COC(CNC(=O)c1cccs1)C(=O)O. The summed E-state index contributed by atoms with van der Waals surface area (Å²) in [6, 6.07) is 3.42. The Morgan fingerprint density at radius 2 is 2.40 bits per heavy atom. The average Bonchev–Trinajstić information content (AvgIpc) is 2.70. The molecule has 2 N–H and O–H groups in total. The Labute approximate surface area is 90.7 Å². The highest BCUT2D eigenvalue weighted by molar-refractivity contribution is 7.12. The van der Waals surface area contributed by atoms with E-state index in [-0.39, 0.29) is 12.5 Å². The summed E-state index contributed by atoms with van der Waals surface area (Å²) in [4.78, 5) is 22.5. The minimum absolute atomic E-state index is 0.0391. The molecular weight excluding hydrogens is 218 g/mol. The molecule has 0 aliphatic rings. The van der Waals surface area contributed by atoms with Crippen molar-refractivity contribution in [3.8, 4) is 0 Å². The number of aliphatic carboxylic acids is 1. The van der Waals surface area contributed by atoms with Crippen molar-refractivity contribution in [3.63, 3.8) is 0 Å². The third-order valence-electron chi connectivity index (χ3n) is 1.75. The molecule has 1 atom stereocenters. The molecule has 0 saturated carbocycles. The molecule has 0 fully saturated rings. The molecule has 1 heterocycles. The van der Waals surface area contributed by atoms with Gasteiger partial charge in [-0.3, -0.25) is 4.79 Å². The Morgan fingerprint density at radius 1 is 1.67 bits per heavy atom. The summed E-state index contributed by atoms with van der Waals surface area (Å²) in [5.41, 5.74) is 0. The first-order chi connectivity index (χ1) is 7.15. The number of rotatable bonds is 5. The summed E-state index contributed by atoms with van der Waals surface area (Å²) in [7, 11) is 1.29. The van der Waals surface area contributed by atoms with Crippen LogP contribution in [0, 0.1) is 0 Å². The van der Waals surface area contributed by atoms with Crippen LogP contribution in [0.1, 0.15) is 9.67 Å². The molecule has 1 unspecified atom stereocenters. The van der Waals surface area contributed by atoms with Gasteiger partial charge in [-0.05, 0) is 11.4 Å². The molecule has 0 saturated heterocycles. The van der Waals surface area contributed by atoms with Crippen LogP contribution in [0.5, 0.6) is 0 Å². The van der Waals surface area contributed by atoms with E-state index in [0.717, 1.165) is 0 Å². The molecule has 6 heteroatoms. The summed E-state index contributed by atoms with van der Waals surface area (Å²) in [5, 5.41) is 12.9. The molecule has 0 radical (unpaired) electrons. The lowest BCUT2D eigenvalue weighted by molar-refractivity contribution is -0.147. The van der Waals surface area contributed by atoms with Crippen molar-refractivity contribution < 1.29 is 19.4 Å². The Hall–Kier alpha value is -1.40. The van der Waals surface area contributed by atoms with Crippen molar-refractivity contribution in [1.29, 1.82) is 0 Å². The number of carboxylic acid groups (broad SMARTS) is 1. The largest absolute Gasteiger partial charge is 0.479 e. The van der Waals surface area contributed by atoms with Crippen LogP contribution in [0.3, 0.4) is 0 Å². The fraction of sp³-hybridized carbons (Fsp3) is 0.333. The number of thiophene rings is 1. The fourth-order valence-corrected chi connectivity index (χ4v) is 1.59. The predicted molar refractivity (Wildman–Crippen MR) is 55.1 cm³/mol. The molecule has 1 aromatic rings. The number of carbonyl (C=O) groups is 2. The van der Waals surface area contributed by atoms with Gasteiger partial charge in [-0.1, -0.05) is 6.07 Å². The smallest absolute Gasteiger partial charge is 0.334 e. The first kappa shape index (κ1) is 11.7. The molecule has 0 aliphatic heterocycles. The standard InChI is InChI=1S/C9H11NO4S/c1-14-6(9(12)13)5-10-8(11)7-3-2-4-15-7/h2-4,6H,5H2,1H3,(H,10,11)(H,12,13). The van der Waals surface area contributed by atoms with Gasteiger partial charge in [-0.15, -0.1) is 11.3 Å². The van der Waals surface area contributed by atoms with E-state index < -0.39 is 12.1 Å². The van der Waals surface area contributed by atoms with E-state index >= 15 is 0 Å². The lowest BCUT2D eigenvalue weighted by atomic mass is 10.3. The van der Waals surface area contributed by atoms with Gasteiger partial charge in [0.1, 0.15) is 0 Å². The average molecular weight is 229 g/mol. The van der Waals surface area contributed by atoms with Gasteiger partial charge in [0.15, 0.2) is 6.10 Å². The highest BCUT2D eigenvalue weighted by Crippen LogP contribution is 2.07. The molecule has 1 aromatic heterocycles. The normalized spacial score (nSPS) is 12.1. The van der Waals surface area contributed by atoms with E-state index in [9.17, 15) is 9.59 Å². The van der Waals surface area contributed by atoms with Crippen molar-refractivity contribution >= 4 is 23.2 Å². The van der Waals surface area contributed by atoms with Crippen LogP contribution in [0.4, 0.5) is 0 Å². The van der Waals surface area contributed by atoms with Crippen molar-refractivity contribution in [2.45, 2.75) is 6.10 Å². The molecule has 1 amide bonds. The Bertz CT molecular complexity index is 336. The molecule has 0 spiro atoms. The second-order valence-electron chi connectivity index (χ2n) is 2.75. The zero-order valence-electron chi connectivity index (χ0n) is 8.10. The molecule has 0 bridgehead atoms. The van der Waals surface area contributed by atoms with E-state index in [4.69, 9.17) is 5.11 Å². The number of carbonyl (C=O) groups excluding carboxylic acids is 1. The van der Waals surface area contributed by atoms with Crippen molar-refractivity contribution in [2.24, 2.45) is 0 Å². The van der Waals surface area contributed by atoms with Crippen LogP contribution in [0.2, 0.25) is 0 Å². The first-order valence-electron chi connectivity index (χ1n) is 4.22. The summed E-state index contributed by atoms with van der Waals surface area (Å²) in [5.74, 6) is -1.38. The Kier molecular flexibility index (Phi) is 4.26. The maximum absolute atomic E-state index is 11.4. The van der Waals surface area contributed by atoms with Crippen LogP contribution in [-0.2, 0) is 9.53 Å². The van der Waals surface area contributed by atoms with Crippen LogP contribution >= 0.6 is 11.3 Å². The topological polar surface area (TPSA) is 75.6 Å². The summed E-state index contributed by atoms with van der Waals surface area (Å²) in [6.07, 6.45) is -1.01. The second kappa shape index (κ2) is 5.47. The third-order valence-corrected chi connectivity index (χ3v) is 2.62. The Morgan fingerprint density at radius 3 is 2.87 bits per heavy atom. The van der Waals surface area contributed by atoms with Gasteiger partial charge in [0.05, 0.1) is 11.4 Å². The molecule has 0 aromatic carbocycles. The number of methoxy groups -OCH3 is 1. The van der Waals surface area contributed by atoms with Gasteiger partial charge < -0.3 is 15.2 Å². The lowest BCUT2D eigenvalue weighted by Crippen LogP contribution is -2.37. The van der Waals surface area contributed by atoms with Gasteiger partial charge in [0, 0.05) is 7.11 Å². The van der Waals surface area contributed by atoms with Gasteiger partial charge in [-0.2, -0.15) is 0 Å². The van der Waals surface area contributed by atoms with Crippen LogP contribution in [0.25, 0.3) is 0 Å².